The predicted molar refractivity (Wildman–Crippen MR) is 92.7 cm³/mol. The highest BCUT2D eigenvalue weighted by atomic mass is 35.5. The van der Waals surface area contributed by atoms with Gasteiger partial charge in [0.05, 0.1) is 16.6 Å². The quantitative estimate of drug-likeness (QED) is 0.886. The largest absolute Gasteiger partial charge is 0.339 e. The van der Waals surface area contributed by atoms with E-state index in [4.69, 9.17) is 17.3 Å². The van der Waals surface area contributed by atoms with Crippen LogP contribution in [0.1, 0.15) is 49.4 Å². The molecular weight excluding hydrogens is 314 g/mol. The number of nitrogens with two attached hydrogens (primary N) is 1. The van der Waals surface area contributed by atoms with Gasteiger partial charge in [-0.1, -0.05) is 30.9 Å². The number of rotatable bonds is 4. The van der Waals surface area contributed by atoms with Gasteiger partial charge in [0, 0.05) is 18.8 Å². The van der Waals surface area contributed by atoms with Crippen molar-refractivity contribution in [2.45, 2.75) is 51.1 Å². The molecule has 2 amide bonds. The molecule has 0 radical (unpaired) electrons. The van der Waals surface area contributed by atoms with Crippen molar-refractivity contribution in [3.8, 4) is 0 Å². The molecule has 1 saturated carbocycles. The third-order valence-corrected chi connectivity index (χ3v) is 4.64. The first-order chi connectivity index (χ1) is 10.9. The van der Waals surface area contributed by atoms with Gasteiger partial charge in [-0.3, -0.25) is 9.59 Å². The van der Waals surface area contributed by atoms with Gasteiger partial charge < -0.3 is 16.0 Å². The smallest absolute Gasteiger partial charge is 0.255 e. The van der Waals surface area contributed by atoms with Crippen molar-refractivity contribution in [3.63, 3.8) is 0 Å². The third-order valence-electron chi connectivity index (χ3n) is 4.32. The summed E-state index contributed by atoms with van der Waals surface area (Å²) in [5.74, 6) is -0.369. The summed E-state index contributed by atoms with van der Waals surface area (Å²) >= 11 is 6.24. The van der Waals surface area contributed by atoms with Gasteiger partial charge in [-0.15, -0.1) is 0 Å². The summed E-state index contributed by atoms with van der Waals surface area (Å²) in [6, 6.07) is 4.59. The maximum atomic E-state index is 12.6. The molecule has 126 valence electrons. The lowest BCUT2D eigenvalue weighted by Crippen LogP contribution is -2.38. The minimum atomic E-state index is -0.604. The molecule has 2 rings (SSSR count). The summed E-state index contributed by atoms with van der Waals surface area (Å²) in [5.41, 5.74) is 6.51. The van der Waals surface area contributed by atoms with Crippen molar-refractivity contribution in [1.82, 2.24) is 4.90 Å². The Kier molecular flexibility index (Phi) is 6.02. The van der Waals surface area contributed by atoms with Crippen LogP contribution in [0.25, 0.3) is 0 Å². The Labute approximate surface area is 142 Å². The van der Waals surface area contributed by atoms with Crippen LogP contribution in [0.5, 0.6) is 0 Å². The third kappa shape index (κ3) is 4.45. The van der Waals surface area contributed by atoms with E-state index >= 15 is 0 Å². The number of hydrogen-bond acceptors (Lipinski definition) is 3. The molecular formula is C17H24ClN3O2. The first kappa shape index (κ1) is 17.8. The minimum absolute atomic E-state index is 0.0769. The number of nitrogens with zero attached hydrogens (tertiary/aromatic N) is 1. The summed E-state index contributed by atoms with van der Waals surface area (Å²) in [4.78, 5) is 26.0. The molecule has 0 saturated heterocycles. The number of benzene rings is 1. The normalized spacial score (nSPS) is 16.7. The lowest BCUT2D eigenvalue weighted by molar-refractivity contribution is -0.117. The first-order valence-electron chi connectivity index (χ1n) is 8.03. The molecule has 0 unspecified atom stereocenters. The van der Waals surface area contributed by atoms with Crippen LogP contribution in [-0.4, -0.2) is 35.8 Å². The second-order valence-electron chi connectivity index (χ2n) is 6.18. The number of carbonyl (C=O) groups excluding carboxylic acids is 2. The zero-order valence-corrected chi connectivity index (χ0v) is 14.4. The fourth-order valence-corrected chi connectivity index (χ4v) is 3.11. The predicted octanol–water partition coefficient (Wildman–Crippen LogP) is 3.03. The molecule has 1 fully saturated rings. The van der Waals surface area contributed by atoms with Gasteiger partial charge >= 0.3 is 0 Å². The Bertz CT molecular complexity index is 583. The molecule has 3 N–H and O–H groups in total. The molecule has 0 aromatic heterocycles. The fraction of sp³-hybridized carbons (Fsp3) is 0.529. The molecule has 23 heavy (non-hydrogen) atoms. The van der Waals surface area contributed by atoms with Crippen LogP contribution in [0.15, 0.2) is 18.2 Å². The van der Waals surface area contributed by atoms with Gasteiger partial charge in [0.15, 0.2) is 0 Å². The highest BCUT2D eigenvalue weighted by molar-refractivity contribution is 6.34. The van der Waals surface area contributed by atoms with Crippen molar-refractivity contribution in [1.29, 1.82) is 0 Å². The van der Waals surface area contributed by atoms with E-state index < -0.39 is 6.04 Å². The van der Waals surface area contributed by atoms with Gasteiger partial charge in [0.25, 0.3) is 5.91 Å². The molecule has 0 bridgehead atoms. The van der Waals surface area contributed by atoms with E-state index in [-0.39, 0.29) is 17.9 Å². The first-order valence-corrected chi connectivity index (χ1v) is 8.41. The standard InChI is InChI=1S/C17H24ClN3O2/c1-11(19)16(22)20-12-8-9-14(15(18)10-12)17(23)21(2)13-6-4-3-5-7-13/h8-11,13H,3-7,19H2,1-2H3,(H,20,22)/t11-/m0/s1. The summed E-state index contributed by atoms with van der Waals surface area (Å²) in [7, 11) is 1.83. The number of halogens is 1. The van der Waals surface area contributed by atoms with Crippen molar-refractivity contribution < 1.29 is 9.59 Å². The van der Waals surface area contributed by atoms with Crippen molar-refractivity contribution in [2.75, 3.05) is 12.4 Å². The Balaban J connectivity index is 2.10. The van der Waals surface area contributed by atoms with Crippen molar-refractivity contribution in [2.24, 2.45) is 5.73 Å². The van der Waals surface area contributed by atoms with Crippen LogP contribution in [0.2, 0.25) is 5.02 Å². The minimum Gasteiger partial charge on any atom is -0.339 e. The zero-order chi connectivity index (χ0) is 17.0. The molecule has 6 heteroatoms. The second kappa shape index (κ2) is 7.79. The van der Waals surface area contributed by atoms with Crippen LogP contribution in [-0.2, 0) is 4.79 Å². The van der Waals surface area contributed by atoms with E-state index in [9.17, 15) is 9.59 Å². The SMILES string of the molecule is C[C@H](N)C(=O)Nc1ccc(C(=O)N(C)C2CCCCC2)c(Cl)c1. The van der Waals surface area contributed by atoms with Crippen LogP contribution in [0.4, 0.5) is 5.69 Å². The van der Waals surface area contributed by atoms with Crippen LogP contribution >= 0.6 is 11.6 Å². The van der Waals surface area contributed by atoms with E-state index in [0.717, 1.165) is 25.7 Å². The van der Waals surface area contributed by atoms with Gasteiger partial charge in [0.2, 0.25) is 5.91 Å². The summed E-state index contributed by atoms with van der Waals surface area (Å²) in [5, 5.41) is 3.00. The lowest BCUT2D eigenvalue weighted by Gasteiger charge is -2.31. The van der Waals surface area contributed by atoms with E-state index in [1.165, 1.54) is 6.42 Å². The van der Waals surface area contributed by atoms with Crippen molar-refractivity contribution in [3.05, 3.63) is 28.8 Å². The van der Waals surface area contributed by atoms with E-state index in [1.807, 2.05) is 7.05 Å². The topological polar surface area (TPSA) is 75.4 Å². The van der Waals surface area contributed by atoms with E-state index in [1.54, 1.807) is 30.0 Å². The number of nitrogens with one attached hydrogen (secondary N) is 1. The second-order valence-corrected chi connectivity index (χ2v) is 6.59. The van der Waals surface area contributed by atoms with E-state index in [2.05, 4.69) is 5.32 Å². The van der Waals surface area contributed by atoms with Crippen LogP contribution in [0.3, 0.4) is 0 Å². The Hall–Kier alpha value is -1.59. The highest BCUT2D eigenvalue weighted by Crippen LogP contribution is 2.26. The van der Waals surface area contributed by atoms with Crippen LogP contribution < -0.4 is 11.1 Å². The molecule has 1 aromatic carbocycles. The summed E-state index contributed by atoms with van der Waals surface area (Å²) in [6.45, 7) is 1.61. The molecule has 1 aliphatic rings. The molecule has 1 atom stereocenters. The molecule has 0 heterocycles. The maximum Gasteiger partial charge on any atom is 0.255 e. The molecule has 0 spiro atoms. The number of amides is 2. The van der Waals surface area contributed by atoms with Gasteiger partial charge in [0.1, 0.15) is 0 Å². The summed E-state index contributed by atoms with van der Waals surface area (Å²) < 4.78 is 0. The number of anilines is 1. The number of carbonyl (C=O) groups is 2. The van der Waals surface area contributed by atoms with E-state index in [0.29, 0.717) is 16.3 Å². The highest BCUT2D eigenvalue weighted by Gasteiger charge is 2.24. The van der Waals surface area contributed by atoms with Gasteiger partial charge in [-0.05, 0) is 38.0 Å². The average molecular weight is 338 g/mol. The van der Waals surface area contributed by atoms with Gasteiger partial charge in [-0.2, -0.15) is 0 Å². The maximum absolute atomic E-state index is 12.6. The molecule has 5 nitrogen and oxygen atoms in total. The molecule has 1 aliphatic carbocycles. The Morgan fingerprint density at radius 2 is 1.96 bits per heavy atom. The van der Waals surface area contributed by atoms with Crippen molar-refractivity contribution >= 4 is 29.1 Å². The Morgan fingerprint density at radius 1 is 1.30 bits per heavy atom. The lowest BCUT2D eigenvalue weighted by atomic mass is 9.94. The zero-order valence-electron chi connectivity index (χ0n) is 13.6. The number of hydrogen-bond donors (Lipinski definition) is 2. The fourth-order valence-electron chi connectivity index (χ4n) is 2.85. The summed E-state index contributed by atoms with van der Waals surface area (Å²) in [6.07, 6.45) is 5.66. The average Bonchev–Trinajstić information content (AvgIpc) is 2.54. The molecule has 0 aliphatic heterocycles. The molecule has 1 aromatic rings. The monoisotopic (exact) mass is 337 g/mol. The van der Waals surface area contributed by atoms with Gasteiger partial charge in [-0.25, -0.2) is 0 Å². The van der Waals surface area contributed by atoms with Crippen LogP contribution in [0, 0.1) is 0 Å². The Morgan fingerprint density at radius 3 is 2.52 bits per heavy atom.